The third-order valence-corrected chi connectivity index (χ3v) is 3.18. The molecule has 0 aliphatic carbocycles. The van der Waals surface area contributed by atoms with Crippen molar-refractivity contribution >= 4 is 0 Å². The van der Waals surface area contributed by atoms with Crippen LogP contribution in [0.2, 0.25) is 0 Å². The van der Waals surface area contributed by atoms with Crippen LogP contribution in [0.4, 0.5) is 0 Å². The molecule has 1 N–H and O–H groups in total. The molecule has 2 rings (SSSR count). The number of ether oxygens (including phenoxy) is 2. The standard InChI is InChI=1S/C15H21N3O2/c1-18-7-6-17-15(18)10-16-9-13-8-12(11-19-2)4-5-14(13)20-3/h4-8,16H,9-11H2,1-3H3. The quantitative estimate of drug-likeness (QED) is 0.838. The Hall–Kier alpha value is -1.85. The lowest BCUT2D eigenvalue weighted by molar-refractivity contribution is 0.184. The molecule has 0 bridgehead atoms. The van der Waals surface area contributed by atoms with Crippen molar-refractivity contribution in [1.29, 1.82) is 0 Å². The number of rotatable bonds is 7. The molecule has 108 valence electrons. The summed E-state index contributed by atoms with van der Waals surface area (Å²) in [5.74, 6) is 1.90. The SMILES string of the molecule is COCc1ccc(OC)c(CNCc2nccn2C)c1. The number of nitrogens with zero attached hydrogens (tertiary/aromatic N) is 2. The van der Waals surface area contributed by atoms with Crippen LogP contribution in [0.5, 0.6) is 5.75 Å². The van der Waals surface area contributed by atoms with Crippen molar-refractivity contribution in [1.82, 2.24) is 14.9 Å². The van der Waals surface area contributed by atoms with Crippen LogP contribution in [0.3, 0.4) is 0 Å². The van der Waals surface area contributed by atoms with Crippen LogP contribution < -0.4 is 10.1 Å². The maximum atomic E-state index is 5.39. The zero-order chi connectivity index (χ0) is 14.4. The van der Waals surface area contributed by atoms with Gasteiger partial charge in [-0.3, -0.25) is 0 Å². The van der Waals surface area contributed by atoms with E-state index in [0.29, 0.717) is 6.61 Å². The fourth-order valence-corrected chi connectivity index (χ4v) is 2.10. The van der Waals surface area contributed by atoms with Crippen LogP contribution in [0, 0.1) is 0 Å². The average Bonchev–Trinajstić information content (AvgIpc) is 2.85. The van der Waals surface area contributed by atoms with Crippen molar-refractivity contribution < 1.29 is 9.47 Å². The van der Waals surface area contributed by atoms with Crippen molar-refractivity contribution in [2.45, 2.75) is 19.7 Å². The van der Waals surface area contributed by atoms with Gasteiger partial charge in [0.25, 0.3) is 0 Å². The normalized spacial score (nSPS) is 10.8. The van der Waals surface area contributed by atoms with E-state index < -0.39 is 0 Å². The van der Waals surface area contributed by atoms with E-state index >= 15 is 0 Å². The van der Waals surface area contributed by atoms with E-state index in [9.17, 15) is 0 Å². The first-order valence-corrected chi connectivity index (χ1v) is 6.56. The number of aromatic nitrogens is 2. The molecule has 20 heavy (non-hydrogen) atoms. The maximum absolute atomic E-state index is 5.39. The monoisotopic (exact) mass is 275 g/mol. The number of nitrogens with one attached hydrogen (secondary N) is 1. The third kappa shape index (κ3) is 3.59. The summed E-state index contributed by atoms with van der Waals surface area (Å²) in [4.78, 5) is 4.29. The van der Waals surface area contributed by atoms with Gasteiger partial charge >= 0.3 is 0 Å². The molecule has 0 unspecified atom stereocenters. The molecule has 0 spiro atoms. The number of hydrogen-bond donors (Lipinski definition) is 1. The summed E-state index contributed by atoms with van der Waals surface area (Å²) in [7, 11) is 5.38. The van der Waals surface area contributed by atoms with E-state index in [0.717, 1.165) is 35.8 Å². The zero-order valence-corrected chi connectivity index (χ0v) is 12.2. The summed E-state index contributed by atoms with van der Waals surface area (Å²) in [6.45, 7) is 2.06. The zero-order valence-electron chi connectivity index (χ0n) is 12.2. The van der Waals surface area contributed by atoms with Crippen LogP contribution in [0.15, 0.2) is 30.6 Å². The second kappa shape index (κ2) is 7.07. The Bertz CT molecular complexity index is 552. The highest BCUT2D eigenvalue weighted by Gasteiger charge is 2.05. The van der Waals surface area contributed by atoms with Crippen molar-refractivity contribution in [3.05, 3.63) is 47.5 Å². The Morgan fingerprint density at radius 1 is 1.25 bits per heavy atom. The van der Waals surface area contributed by atoms with Gasteiger partial charge in [0.2, 0.25) is 0 Å². The number of aryl methyl sites for hydroxylation is 1. The van der Waals surface area contributed by atoms with Crippen LogP contribution in [0.25, 0.3) is 0 Å². The van der Waals surface area contributed by atoms with E-state index in [1.54, 1.807) is 20.4 Å². The van der Waals surface area contributed by atoms with Crippen LogP contribution in [-0.4, -0.2) is 23.8 Å². The third-order valence-electron chi connectivity index (χ3n) is 3.18. The van der Waals surface area contributed by atoms with Gasteiger partial charge in [-0.15, -0.1) is 0 Å². The maximum Gasteiger partial charge on any atom is 0.123 e. The number of imidazole rings is 1. The molecule has 0 saturated heterocycles. The van der Waals surface area contributed by atoms with Gasteiger partial charge in [0, 0.05) is 38.7 Å². The molecule has 1 heterocycles. The fraction of sp³-hybridized carbons (Fsp3) is 0.400. The van der Waals surface area contributed by atoms with Gasteiger partial charge in [0.05, 0.1) is 20.3 Å². The van der Waals surface area contributed by atoms with Crippen molar-refractivity contribution in [2.75, 3.05) is 14.2 Å². The first-order chi connectivity index (χ1) is 9.74. The van der Waals surface area contributed by atoms with Crippen LogP contribution in [0.1, 0.15) is 17.0 Å². The van der Waals surface area contributed by atoms with Gasteiger partial charge < -0.3 is 19.4 Å². The van der Waals surface area contributed by atoms with Crippen molar-refractivity contribution in [3.63, 3.8) is 0 Å². The molecule has 2 aromatic rings. The van der Waals surface area contributed by atoms with Gasteiger partial charge in [0.1, 0.15) is 11.6 Å². The molecule has 0 aliphatic heterocycles. The second-order valence-corrected chi connectivity index (χ2v) is 4.64. The Morgan fingerprint density at radius 3 is 2.75 bits per heavy atom. The number of hydrogen-bond acceptors (Lipinski definition) is 4. The van der Waals surface area contributed by atoms with E-state index in [-0.39, 0.29) is 0 Å². The number of benzene rings is 1. The lowest BCUT2D eigenvalue weighted by Gasteiger charge is -2.11. The van der Waals surface area contributed by atoms with Gasteiger partial charge in [-0.05, 0) is 17.7 Å². The molecule has 0 atom stereocenters. The molecule has 0 aliphatic rings. The lowest BCUT2D eigenvalue weighted by Crippen LogP contribution is -2.16. The van der Waals surface area contributed by atoms with E-state index in [1.165, 1.54) is 0 Å². The Labute approximate surface area is 119 Å². The molecule has 1 aromatic carbocycles. The largest absolute Gasteiger partial charge is 0.496 e. The predicted molar refractivity (Wildman–Crippen MR) is 77.5 cm³/mol. The highest BCUT2D eigenvalue weighted by atomic mass is 16.5. The summed E-state index contributed by atoms with van der Waals surface area (Å²) >= 11 is 0. The van der Waals surface area contributed by atoms with Gasteiger partial charge in [-0.2, -0.15) is 0 Å². The van der Waals surface area contributed by atoms with E-state index in [2.05, 4.69) is 16.4 Å². The Balaban J connectivity index is 2.00. The van der Waals surface area contributed by atoms with Crippen LogP contribution >= 0.6 is 0 Å². The first kappa shape index (κ1) is 14.6. The minimum Gasteiger partial charge on any atom is -0.496 e. The fourth-order valence-electron chi connectivity index (χ4n) is 2.10. The Kier molecular flexibility index (Phi) is 5.15. The van der Waals surface area contributed by atoms with E-state index in [1.807, 2.05) is 29.9 Å². The van der Waals surface area contributed by atoms with Crippen molar-refractivity contribution in [3.8, 4) is 5.75 Å². The number of methoxy groups -OCH3 is 2. The molecular formula is C15H21N3O2. The van der Waals surface area contributed by atoms with Crippen molar-refractivity contribution in [2.24, 2.45) is 7.05 Å². The smallest absolute Gasteiger partial charge is 0.123 e. The molecule has 5 nitrogen and oxygen atoms in total. The highest BCUT2D eigenvalue weighted by molar-refractivity contribution is 5.37. The topological polar surface area (TPSA) is 48.3 Å². The summed E-state index contributed by atoms with van der Waals surface area (Å²) in [6, 6.07) is 6.10. The summed E-state index contributed by atoms with van der Waals surface area (Å²) < 4.78 is 12.6. The second-order valence-electron chi connectivity index (χ2n) is 4.64. The minimum atomic E-state index is 0.608. The lowest BCUT2D eigenvalue weighted by atomic mass is 10.1. The molecule has 5 heteroatoms. The predicted octanol–water partition coefficient (Wildman–Crippen LogP) is 1.86. The van der Waals surface area contributed by atoms with Gasteiger partial charge in [0.15, 0.2) is 0 Å². The summed E-state index contributed by atoms with van der Waals surface area (Å²) in [5.41, 5.74) is 2.26. The molecular weight excluding hydrogens is 254 g/mol. The molecule has 0 amide bonds. The first-order valence-electron chi connectivity index (χ1n) is 6.56. The molecule has 0 fully saturated rings. The molecule has 0 saturated carbocycles. The summed E-state index contributed by atoms with van der Waals surface area (Å²) in [5, 5.41) is 3.38. The minimum absolute atomic E-state index is 0.608. The van der Waals surface area contributed by atoms with E-state index in [4.69, 9.17) is 9.47 Å². The summed E-state index contributed by atoms with van der Waals surface area (Å²) in [6.07, 6.45) is 3.74. The average molecular weight is 275 g/mol. The van der Waals surface area contributed by atoms with Crippen LogP contribution in [-0.2, 0) is 31.5 Å². The molecule has 0 radical (unpaired) electrons. The Morgan fingerprint density at radius 2 is 2.10 bits per heavy atom. The van der Waals surface area contributed by atoms with Gasteiger partial charge in [-0.1, -0.05) is 6.07 Å². The highest BCUT2D eigenvalue weighted by Crippen LogP contribution is 2.20. The van der Waals surface area contributed by atoms with Gasteiger partial charge in [-0.25, -0.2) is 4.98 Å². The molecule has 1 aromatic heterocycles.